The van der Waals surface area contributed by atoms with Crippen LogP contribution in [0.5, 0.6) is 5.75 Å². The highest BCUT2D eigenvalue weighted by Crippen LogP contribution is 2.10. The van der Waals surface area contributed by atoms with Gasteiger partial charge < -0.3 is 21.9 Å². The maximum Gasteiger partial charge on any atom is 0.115 e. The molecule has 1 aromatic rings. The van der Waals surface area contributed by atoms with Crippen LogP contribution in [-0.4, -0.2) is 30.8 Å². The van der Waals surface area contributed by atoms with E-state index in [0.29, 0.717) is 6.54 Å². The molecule has 1 rings (SSSR count). The molecule has 0 saturated carbocycles. The molecule has 1 aromatic carbocycles. The molecule has 4 nitrogen and oxygen atoms in total. The lowest BCUT2D eigenvalue weighted by molar-refractivity contribution is 0.475. The lowest BCUT2D eigenvalue weighted by atomic mass is 10.1. The fourth-order valence-electron chi connectivity index (χ4n) is 1.40. The standard InChI is InChI=1S/C11H19N3O/c12-5-6-14-8-10(13)7-9-1-3-11(15)4-2-9/h1-4,10,14-15H,5-8,12-13H2/t10-/m0/s1. The first-order valence-electron chi connectivity index (χ1n) is 5.16. The Morgan fingerprint density at radius 3 is 2.53 bits per heavy atom. The van der Waals surface area contributed by atoms with E-state index in [9.17, 15) is 0 Å². The van der Waals surface area contributed by atoms with Crippen LogP contribution in [0, 0.1) is 0 Å². The molecule has 0 aliphatic heterocycles. The minimum absolute atomic E-state index is 0.0843. The Balaban J connectivity index is 2.31. The molecule has 0 radical (unpaired) electrons. The molecule has 0 aromatic heterocycles. The fraction of sp³-hybridized carbons (Fsp3) is 0.455. The van der Waals surface area contributed by atoms with E-state index in [1.165, 1.54) is 0 Å². The molecule has 0 aliphatic rings. The van der Waals surface area contributed by atoms with Gasteiger partial charge in [-0.05, 0) is 24.1 Å². The van der Waals surface area contributed by atoms with E-state index in [1.54, 1.807) is 12.1 Å². The van der Waals surface area contributed by atoms with E-state index in [1.807, 2.05) is 12.1 Å². The third-order valence-electron chi connectivity index (χ3n) is 2.16. The van der Waals surface area contributed by atoms with Crippen LogP contribution in [0.15, 0.2) is 24.3 Å². The smallest absolute Gasteiger partial charge is 0.115 e. The maximum absolute atomic E-state index is 9.11. The van der Waals surface area contributed by atoms with Gasteiger partial charge in [-0.15, -0.1) is 0 Å². The Bertz CT molecular complexity index is 274. The lowest BCUT2D eigenvalue weighted by Crippen LogP contribution is -2.37. The van der Waals surface area contributed by atoms with Crippen molar-refractivity contribution in [3.63, 3.8) is 0 Å². The molecule has 0 heterocycles. The number of hydrogen-bond donors (Lipinski definition) is 4. The first kappa shape index (κ1) is 12.0. The minimum Gasteiger partial charge on any atom is -0.508 e. The second-order valence-corrected chi connectivity index (χ2v) is 3.62. The van der Waals surface area contributed by atoms with Crippen molar-refractivity contribution in [1.29, 1.82) is 0 Å². The van der Waals surface area contributed by atoms with E-state index in [4.69, 9.17) is 16.6 Å². The zero-order valence-corrected chi connectivity index (χ0v) is 8.82. The average Bonchev–Trinajstić information content (AvgIpc) is 2.22. The Hall–Kier alpha value is -1.10. The summed E-state index contributed by atoms with van der Waals surface area (Å²) in [6.07, 6.45) is 0.803. The van der Waals surface area contributed by atoms with Gasteiger partial charge in [0, 0.05) is 25.7 Å². The topological polar surface area (TPSA) is 84.3 Å². The van der Waals surface area contributed by atoms with Crippen molar-refractivity contribution in [3.05, 3.63) is 29.8 Å². The molecule has 0 aliphatic carbocycles. The van der Waals surface area contributed by atoms with Crippen molar-refractivity contribution < 1.29 is 5.11 Å². The molecule has 4 heteroatoms. The quantitative estimate of drug-likeness (QED) is 0.489. The van der Waals surface area contributed by atoms with Crippen molar-refractivity contribution in [2.24, 2.45) is 11.5 Å². The molecule has 84 valence electrons. The maximum atomic E-state index is 9.11. The highest BCUT2D eigenvalue weighted by molar-refractivity contribution is 5.26. The van der Waals surface area contributed by atoms with Gasteiger partial charge in [0.25, 0.3) is 0 Å². The lowest BCUT2D eigenvalue weighted by Gasteiger charge is -2.12. The molecular weight excluding hydrogens is 190 g/mol. The SMILES string of the molecule is NCCNC[C@@H](N)Cc1ccc(O)cc1. The number of aromatic hydroxyl groups is 1. The minimum atomic E-state index is 0.0843. The summed E-state index contributed by atoms with van der Waals surface area (Å²) < 4.78 is 0. The number of nitrogens with one attached hydrogen (secondary N) is 1. The summed E-state index contributed by atoms with van der Waals surface area (Å²) in [5.41, 5.74) is 12.4. The first-order chi connectivity index (χ1) is 7.22. The van der Waals surface area contributed by atoms with Crippen LogP contribution < -0.4 is 16.8 Å². The normalized spacial score (nSPS) is 12.7. The molecule has 6 N–H and O–H groups in total. The van der Waals surface area contributed by atoms with E-state index in [2.05, 4.69) is 5.32 Å². The highest BCUT2D eigenvalue weighted by atomic mass is 16.3. The summed E-state index contributed by atoms with van der Waals surface area (Å²) in [5.74, 6) is 0.286. The zero-order valence-electron chi connectivity index (χ0n) is 8.82. The number of phenols is 1. The van der Waals surface area contributed by atoms with Gasteiger partial charge in [0.2, 0.25) is 0 Å². The monoisotopic (exact) mass is 209 g/mol. The van der Waals surface area contributed by atoms with Crippen LogP contribution in [0.4, 0.5) is 0 Å². The van der Waals surface area contributed by atoms with Crippen LogP contribution >= 0.6 is 0 Å². The molecule has 0 spiro atoms. The van der Waals surface area contributed by atoms with Gasteiger partial charge in [-0.1, -0.05) is 12.1 Å². The van der Waals surface area contributed by atoms with Gasteiger partial charge in [-0.3, -0.25) is 0 Å². The fourth-order valence-corrected chi connectivity index (χ4v) is 1.40. The number of nitrogens with two attached hydrogens (primary N) is 2. The van der Waals surface area contributed by atoms with Crippen LogP contribution in [0.2, 0.25) is 0 Å². The molecule has 0 saturated heterocycles. The largest absolute Gasteiger partial charge is 0.508 e. The van der Waals surface area contributed by atoms with Crippen molar-refractivity contribution in [2.75, 3.05) is 19.6 Å². The van der Waals surface area contributed by atoms with E-state index < -0.39 is 0 Å². The Labute approximate surface area is 90.3 Å². The molecule has 0 bridgehead atoms. The van der Waals surface area contributed by atoms with Crippen LogP contribution in [0.25, 0.3) is 0 Å². The van der Waals surface area contributed by atoms with Gasteiger partial charge in [-0.25, -0.2) is 0 Å². The van der Waals surface area contributed by atoms with Crippen molar-refractivity contribution in [1.82, 2.24) is 5.32 Å². The molecule has 0 unspecified atom stereocenters. The van der Waals surface area contributed by atoms with Gasteiger partial charge in [0.05, 0.1) is 0 Å². The molecule has 15 heavy (non-hydrogen) atoms. The second-order valence-electron chi connectivity index (χ2n) is 3.62. The van der Waals surface area contributed by atoms with Crippen molar-refractivity contribution >= 4 is 0 Å². The molecule has 0 amide bonds. The van der Waals surface area contributed by atoms with Crippen molar-refractivity contribution in [3.8, 4) is 5.75 Å². The predicted molar refractivity (Wildman–Crippen MR) is 61.7 cm³/mol. The summed E-state index contributed by atoms with van der Waals surface area (Å²) >= 11 is 0. The summed E-state index contributed by atoms with van der Waals surface area (Å²) in [7, 11) is 0. The second kappa shape index (κ2) is 6.40. The van der Waals surface area contributed by atoms with Gasteiger partial charge in [0.15, 0.2) is 0 Å². The summed E-state index contributed by atoms with van der Waals surface area (Å²) in [4.78, 5) is 0. The van der Waals surface area contributed by atoms with Gasteiger partial charge >= 0.3 is 0 Å². The number of hydrogen-bond acceptors (Lipinski definition) is 4. The van der Waals surface area contributed by atoms with E-state index >= 15 is 0 Å². The third kappa shape index (κ3) is 4.78. The van der Waals surface area contributed by atoms with Crippen molar-refractivity contribution in [2.45, 2.75) is 12.5 Å². The number of benzene rings is 1. The Morgan fingerprint density at radius 1 is 1.27 bits per heavy atom. The molecular formula is C11H19N3O. The van der Waals surface area contributed by atoms with E-state index in [-0.39, 0.29) is 11.8 Å². The van der Waals surface area contributed by atoms with Gasteiger partial charge in [0.1, 0.15) is 5.75 Å². The summed E-state index contributed by atoms with van der Waals surface area (Å²) in [5, 5.41) is 12.3. The van der Waals surface area contributed by atoms with Crippen LogP contribution in [-0.2, 0) is 6.42 Å². The third-order valence-corrected chi connectivity index (χ3v) is 2.16. The summed E-state index contributed by atoms with van der Waals surface area (Å²) in [6.45, 7) is 2.19. The van der Waals surface area contributed by atoms with Crippen LogP contribution in [0.3, 0.4) is 0 Å². The predicted octanol–water partition coefficient (Wildman–Crippen LogP) is -0.190. The molecule has 0 fully saturated rings. The highest BCUT2D eigenvalue weighted by Gasteiger charge is 2.03. The zero-order chi connectivity index (χ0) is 11.1. The first-order valence-corrected chi connectivity index (χ1v) is 5.16. The Kier molecular flexibility index (Phi) is 5.10. The number of phenolic OH excluding ortho intramolecular Hbond substituents is 1. The average molecular weight is 209 g/mol. The van der Waals surface area contributed by atoms with Crippen LogP contribution in [0.1, 0.15) is 5.56 Å². The summed E-state index contributed by atoms with van der Waals surface area (Å²) in [6, 6.07) is 7.21. The Morgan fingerprint density at radius 2 is 1.93 bits per heavy atom. The molecule has 1 atom stereocenters. The number of rotatable bonds is 6. The van der Waals surface area contributed by atoms with E-state index in [0.717, 1.165) is 25.1 Å². The van der Waals surface area contributed by atoms with Gasteiger partial charge in [-0.2, -0.15) is 0 Å².